The fourth-order valence-corrected chi connectivity index (χ4v) is 3.84. The molecule has 1 aliphatic rings. The Hall–Kier alpha value is -3.59. The van der Waals surface area contributed by atoms with E-state index in [1.165, 1.54) is 20.1 Å². The van der Waals surface area contributed by atoms with Crippen LogP contribution < -0.4 is 10.1 Å². The first kappa shape index (κ1) is 23.1. The van der Waals surface area contributed by atoms with Gasteiger partial charge in [0, 0.05) is 11.3 Å². The SMILES string of the molecule is COC(=O)C(C)N1C(=O)S/C(=C/c2ccccc2OCC(=O)Nc2ccc(C)cc2)C1=O. The number of hydrogen-bond donors (Lipinski definition) is 1. The molecule has 1 N–H and O–H groups in total. The minimum absolute atomic E-state index is 0.144. The number of methoxy groups -OCH3 is 1. The number of ether oxygens (including phenoxy) is 2. The molecule has 166 valence electrons. The molecular weight excluding hydrogens is 432 g/mol. The van der Waals surface area contributed by atoms with Gasteiger partial charge in [-0.05, 0) is 49.9 Å². The molecule has 1 aliphatic heterocycles. The third-order valence-corrected chi connectivity index (χ3v) is 5.54. The number of carbonyl (C=O) groups is 4. The molecule has 2 aromatic rings. The Morgan fingerprint density at radius 1 is 1.12 bits per heavy atom. The molecule has 0 bridgehead atoms. The number of aryl methyl sites for hydroxylation is 1. The average molecular weight is 455 g/mol. The monoisotopic (exact) mass is 454 g/mol. The maximum atomic E-state index is 12.7. The lowest BCUT2D eigenvalue weighted by Crippen LogP contribution is -2.42. The van der Waals surface area contributed by atoms with Gasteiger partial charge in [-0.3, -0.25) is 19.3 Å². The lowest BCUT2D eigenvalue weighted by Gasteiger charge is -2.18. The number of thioether (sulfide) groups is 1. The summed E-state index contributed by atoms with van der Waals surface area (Å²) in [6.45, 7) is 3.14. The number of esters is 1. The number of carbonyl (C=O) groups excluding carboxylic acids is 4. The van der Waals surface area contributed by atoms with Gasteiger partial charge in [-0.1, -0.05) is 35.9 Å². The van der Waals surface area contributed by atoms with E-state index in [0.717, 1.165) is 22.2 Å². The summed E-state index contributed by atoms with van der Waals surface area (Å²) in [6, 6.07) is 13.2. The van der Waals surface area contributed by atoms with Crippen molar-refractivity contribution in [1.82, 2.24) is 4.90 Å². The van der Waals surface area contributed by atoms with Gasteiger partial charge in [0.1, 0.15) is 11.8 Å². The Balaban J connectivity index is 1.71. The van der Waals surface area contributed by atoms with E-state index in [-0.39, 0.29) is 17.4 Å². The fraction of sp³-hybridized carbons (Fsp3) is 0.217. The van der Waals surface area contributed by atoms with Crippen LogP contribution in [0.5, 0.6) is 5.75 Å². The molecule has 1 atom stereocenters. The third kappa shape index (κ3) is 5.36. The van der Waals surface area contributed by atoms with E-state index in [4.69, 9.17) is 4.74 Å². The van der Waals surface area contributed by atoms with E-state index in [0.29, 0.717) is 17.0 Å². The lowest BCUT2D eigenvalue weighted by molar-refractivity contribution is -0.148. The Morgan fingerprint density at radius 3 is 2.50 bits per heavy atom. The first-order valence-corrected chi connectivity index (χ1v) is 10.5. The van der Waals surface area contributed by atoms with Crippen LogP contribution in [-0.2, 0) is 19.1 Å². The van der Waals surface area contributed by atoms with Crippen LogP contribution >= 0.6 is 11.8 Å². The van der Waals surface area contributed by atoms with Crippen LogP contribution in [0.4, 0.5) is 10.5 Å². The quantitative estimate of drug-likeness (QED) is 0.504. The molecule has 8 nitrogen and oxygen atoms in total. The second-order valence-electron chi connectivity index (χ2n) is 6.99. The topological polar surface area (TPSA) is 102 Å². The number of benzene rings is 2. The summed E-state index contributed by atoms with van der Waals surface area (Å²) in [5, 5.41) is 2.19. The van der Waals surface area contributed by atoms with Gasteiger partial charge in [-0.25, -0.2) is 4.79 Å². The van der Waals surface area contributed by atoms with Crippen molar-refractivity contribution in [2.24, 2.45) is 0 Å². The van der Waals surface area contributed by atoms with Crippen molar-refractivity contribution >= 4 is 46.5 Å². The zero-order valence-corrected chi connectivity index (χ0v) is 18.6. The van der Waals surface area contributed by atoms with Crippen molar-refractivity contribution < 1.29 is 28.7 Å². The Morgan fingerprint density at radius 2 is 1.81 bits per heavy atom. The smallest absolute Gasteiger partial charge is 0.328 e. The van der Waals surface area contributed by atoms with Gasteiger partial charge in [-0.2, -0.15) is 0 Å². The summed E-state index contributed by atoms with van der Waals surface area (Å²) in [6.07, 6.45) is 1.50. The summed E-state index contributed by atoms with van der Waals surface area (Å²) in [4.78, 5) is 50.0. The zero-order valence-electron chi connectivity index (χ0n) is 17.8. The fourth-order valence-electron chi connectivity index (χ4n) is 2.94. The van der Waals surface area contributed by atoms with Gasteiger partial charge >= 0.3 is 5.97 Å². The number of rotatable bonds is 7. The predicted molar refractivity (Wildman–Crippen MR) is 121 cm³/mol. The van der Waals surface area contributed by atoms with Crippen LogP contribution in [0.2, 0.25) is 0 Å². The van der Waals surface area contributed by atoms with Crippen molar-refractivity contribution in [3.63, 3.8) is 0 Å². The minimum atomic E-state index is -1.03. The Labute approximate surface area is 189 Å². The van der Waals surface area contributed by atoms with Crippen LogP contribution in [0.3, 0.4) is 0 Å². The first-order valence-electron chi connectivity index (χ1n) is 9.73. The molecule has 32 heavy (non-hydrogen) atoms. The molecule has 2 aromatic carbocycles. The highest BCUT2D eigenvalue weighted by Crippen LogP contribution is 2.35. The normalized spacial score (nSPS) is 15.6. The van der Waals surface area contributed by atoms with Crippen LogP contribution in [0.25, 0.3) is 6.08 Å². The molecule has 1 saturated heterocycles. The van der Waals surface area contributed by atoms with Gasteiger partial charge in [0.2, 0.25) is 0 Å². The van der Waals surface area contributed by atoms with Gasteiger partial charge in [0.05, 0.1) is 12.0 Å². The molecule has 1 heterocycles. The van der Waals surface area contributed by atoms with E-state index in [9.17, 15) is 19.2 Å². The number of hydrogen-bond acceptors (Lipinski definition) is 7. The van der Waals surface area contributed by atoms with Gasteiger partial charge in [0.25, 0.3) is 17.1 Å². The molecule has 1 fully saturated rings. The maximum absolute atomic E-state index is 12.7. The zero-order chi connectivity index (χ0) is 23.3. The molecular formula is C23H22N2O6S. The summed E-state index contributed by atoms with van der Waals surface area (Å²) >= 11 is 0.725. The number of nitrogens with one attached hydrogen (secondary N) is 1. The third-order valence-electron chi connectivity index (χ3n) is 4.65. The summed E-state index contributed by atoms with van der Waals surface area (Å²) < 4.78 is 10.3. The van der Waals surface area contributed by atoms with Gasteiger partial charge in [0.15, 0.2) is 6.61 Å². The summed E-state index contributed by atoms with van der Waals surface area (Å²) in [5.74, 6) is -1.24. The van der Waals surface area contributed by atoms with E-state index in [1.807, 2.05) is 19.1 Å². The molecule has 0 radical (unpaired) electrons. The predicted octanol–water partition coefficient (Wildman–Crippen LogP) is 3.61. The number of amides is 3. The van der Waals surface area contributed by atoms with Crippen LogP contribution in [-0.4, -0.2) is 47.7 Å². The molecule has 9 heteroatoms. The minimum Gasteiger partial charge on any atom is -0.483 e. The van der Waals surface area contributed by atoms with Crippen molar-refractivity contribution in [3.8, 4) is 5.75 Å². The number of nitrogens with zero attached hydrogens (tertiary/aromatic N) is 1. The number of para-hydroxylation sites is 1. The number of anilines is 1. The van der Waals surface area contributed by atoms with Crippen LogP contribution in [0.15, 0.2) is 53.4 Å². The van der Waals surface area contributed by atoms with Gasteiger partial charge < -0.3 is 14.8 Å². The highest BCUT2D eigenvalue weighted by molar-refractivity contribution is 8.18. The highest BCUT2D eigenvalue weighted by Gasteiger charge is 2.41. The molecule has 1 unspecified atom stereocenters. The summed E-state index contributed by atoms with van der Waals surface area (Å²) in [5.41, 5.74) is 2.26. The van der Waals surface area contributed by atoms with Gasteiger partial charge in [-0.15, -0.1) is 0 Å². The van der Waals surface area contributed by atoms with Crippen LogP contribution in [0.1, 0.15) is 18.1 Å². The Bertz CT molecular complexity index is 1080. The van der Waals surface area contributed by atoms with Crippen LogP contribution in [0, 0.1) is 6.92 Å². The second-order valence-corrected chi connectivity index (χ2v) is 7.98. The molecule has 3 amide bonds. The van der Waals surface area contributed by atoms with E-state index >= 15 is 0 Å². The standard InChI is InChI=1S/C23H22N2O6S/c1-14-8-10-17(11-9-14)24-20(26)13-31-18-7-5-4-6-16(18)12-19-21(27)25(23(29)32-19)15(2)22(28)30-3/h4-12,15H,13H2,1-3H3,(H,24,26)/b19-12+. The summed E-state index contributed by atoms with van der Waals surface area (Å²) in [7, 11) is 1.19. The first-order chi connectivity index (χ1) is 15.3. The lowest BCUT2D eigenvalue weighted by atomic mass is 10.1. The molecule has 3 rings (SSSR count). The molecule has 0 saturated carbocycles. The van der Waals surface area contributed by atoms with Crippen molar-refractivity contribution in [3.05, 3.63) is 64.6 Å². The van der Waals surface area contributed by atoms with Crippen molar-refractivity contribution in [2.45, 2.75) is 19.9 Å². The number of imide groups is 1. The molecule has 0 aromatic heterocycles. The second kappa shape index (κ2) is 10.1. The van der Waals surface area contributed by atoms with E-state index in [2.05, 4.69) is 10.1 Å². The van der Waals surface area contributed by atoms with Crippen molar-refractivity contribution in [2.75, 3.05) is 19.0 Å². The molecule has 0 aliphatic carbocycles. The van der Waals surface area contributed by atoms with E-state index in [1.54, 1.807) is 36.4 Å². The average Bonchev–Trinajstić information content (AvgIpc) is 3.06. The Kier molecular flexibility index (Phi) is 7.32. The van der Waals surface area contributed by atoms with Crippen molar-refractivity contribution in [1.29, 1.82) is 0 Å². The van der Waals surface area contributed by atoms with E-state index < -0.39 is 23.2 Å². The maximum Gasteiger partial charge on any atom is 0.328 e. The highest BCUT2D eigenvalue weighted by atomic mass is 32.2. The molecule has 0 spiro atoms. The largest absolute Gasteiger partial charge is 0.483 e.